The van der Waals surface area contributed by atoms with Crippen LogP contribution >= 0.6 is 0 Å². The first-order valence-electron chi connectivity index (χ1n) is 6.71. The highest BCUT2D eigenvalue weighted by Crippen LogP contribution is 2.26. The summed E-state index contributed by atoms with van der Waals surface area (Å²) in [4.78, 5) is 0. The van der Waals surface area contributed by atoms with E-state index in [2.05, 4.69) is 10.0 Å². The van der Waals surface area contributed by atoms with Gasteiger partial charge in [0, 0.05) is 25.3 Å². The number of fused-ring (bicyclic) bond motifs is 1. The number of rotatable bonds is 5. The van der Waals surface area contributed by atoms with Crippen molar-refractivity contribution >= 4 is 21.6 Å². The predicted molar refractivity (Wildman–Crippen MR) is 78.7 cm³/mol. The van der Waals surface area contributed by atoms with Crippen LogP contribution in [0.4, 0.5) is 11.4 Å². The van der Waals surface area contributed by atoms with Gasteiger partial charge in [-0.15, -0.1) is 0 Å². The molecule has 6 heteroatoms. The molecule has 106 valence electrons. The van der Waals surface area contributed by atoms with Gasteiger partial charge < -0.3 is 5.32 Å². The standard InChI is InChI=1S/C13H21N3O2S/c1-3-16(4-2)19(17,18)15-12-8-7-11-6-5-9-14-13(11)10-12/h7-8,10,14-15H,3-6,9H2,1-2H3. The zero-order valence-electron chi connectivity index (χ0n) is 11.4. The van der Waals surface area contributed by atoms with Gasteiger partial charge in [-0.05, 0) is 30.5 Å². The summed E-state index contributed by atoms with van der Waals surface area (Å²) >= 11 is 0. The van der Waals surface area contributed by atoms with E-state index in [9.17, 15) is 8.42 Å². The molecular formula is C13H21N3O2S. The van der Waals surface area contributed by atoms with E-state index < -0.39 is 10.2 Å². The molecule has 0 saturated heterocycles. The molecule has 1 aliphatic rings. The second kappa shape index (κ2) is 5.79. The van der Waals surface area contributed by atoms with Crippen molar-refractivity contribution in [1.82, 2.24) is 4.31 Å². The van der Waals surface area contributed by atoms with E-state index in [1.54, 1.807) is 0 Å². The Morgan fingerprint density at radius 2 is 2.05 bits per heavy atom. The molecule has 0 spiro atoms. The predicted octanol–water partition coefficient (Wildman–Crippen LogP) is 2.04. The van der Waals surface area contributed by atoms with E-state index in [1.165, 1.54) is 9.87 Å². The van der Waals surface area contributed by atoms with Crippen molar-refractivity contribution in [1.29, 1.82) is 0 Å². The fraction of sp³-hybridized carbons (Fsp3) is 0.538. The topological polar surface area (TPSA) is 61.4 Å². The smallest absolute Gasteiger partial charge is 0.301 e. The molecule has 0 unspecified atom stereocenters. The molecule has 2 N–H and O–H groups in total. The number of nitrogens with zero attached hydrogens (tertiary/aromatic N) is 1. The van der Waals surface area contributed by atoms with E-state index in [-0.39, 0.29) is 0 Å². The van der Waals surface area contributed by atoms with Gasteiger partial charge in [0.2, 0.25) is 0 Å². The van der Waals surface area contributed by atoms with Gasteiger partial charge >= 0.3 is 10.2 Å². The van der Waals surface area contributed by atoms with Gasteiger partial charge in [-0.3, -0.25) is 4.72 Å². The summed E-state index contributed by atoms with van der Waals surface area (Å²) in [6.07, 6.45) is 2.17. The monoisotopic (exact) mass is 283 g/mol. The Balaban J connectivity index is 2.19. The quantitative estimate of drug-likeness (QED) is 0.869. The number of hydrogen-bond donors (Lipinski definition) is 2. The summed E-state index contributed by atoms with van der Waals surface area (Å²) < 4.78 is 28.3. The van der Waals surface area contributed by atoms with Crippen LogP contribution in [-0.2, 0) is 16.6 Å². The molecule has 0 aliphatic carbocycles. The van der Waals surface area contributed by atoms with Crippen LogP contribution < -0.4 is 10.0 Å². The minimum atomic E-state index is -3.45. The Hall–Kier alpha value is -1.27. The molecule has 1 aromatic rings. The summed E-state index contributed by atoms with van der Waals surface area (Å²) in [7, 11) is -3.45. The molecular weight excluding hydrogens is 262 g/mol. The van der Waals surface area contributed by atoms with Crippen molar-refractivity contribution in [3.63, 3.8) is 0 Å². The molecule has 5 nitrogen and oxygen atoms in total. The zero-order valence-corrected chi connectivity index (χ0v) is 12.3. The number of hydrogen-bond acceptors (Lipinski definition) is 3. The zero-order chi connectivity index (χ0) is 13.9. The summed E-state index contributed by atoms with van der Waals surface area (Å²) in [5, 5.41) is 3.30. The van der Waals surface area contributed by atoms with E-state index in [1.807, 2.05) is 32.0 Å². The lowest BCUT2D eigenvalue weighted by Gasteiger charge is -2.22. The van der Waals surface area contributed by atoms with Gasteiger partial charge in [0.15, 0.2) is 0 Å². The molecule has 1 heterocycles. The van der Waals surface area contributed by atoms with Crippen LogP contribution in [0.5, 0.6) is 0 Å². The summed E-state index contributed by atoms with van der Waals surface area (Å²) in [5.41, 5.74) is 2.89. The highest BCUT2D eigenvalue weighted by Gasteiger charge is 2.19. The first-order valence-corrected chi connectivity index (χ1v) is 8.15. The van der Waals surface area contributed by atoms with Crippen molar-refractivity contribution in [2.75, 3.05) is 29.7 Å². The van der Waals surface area contributed by atoms with E-state index in [0.717, 1.165) is 25.1 Å². The van der Waals surface area contributed by atoms with Crippen molar-refractivity contribution in [2.45, 2.75) is 26.7 Å². The molecule has 0 atom stereocenters. The minimum Gasteiger partial charge on any atom is -0.385 e. The molecule has 1 aromatic carbocycles. The third-order valence-electron chi connectivity index (χ3n) is 3.34. The molecule has 0 bridgehead atoms. The fourth-order valence-corrected chi connectivity index (χ4v) is 3.54. The van der Waals surface area contributed by atoms with Crippen molar-refractivity contribution in [3.05, 3.63) is 23.8 Å². The maximum atomic E-state index is 12.1. The third-order valence-corrected chi connectivity index (χ3v) is 5.03. The lowest BCUT2D eigenvalue weighted by Crippen LogP contribution is -2.35. The van der Waals surface area contributed by atoms with Crippen molar-refractivity contribution in [2.24, 2.45) is 0 Å². The molecule has 19 heavy (non-hydrogen) atoms. The van der Waals surface area contributed by atoms with E-state index in [0.29, 0.717) is 18.8 Å². The van der Waals surface area contributed by atoms with Gasteiger partial charge in [-0.25, -0.2) is 0 Å². The highest BCUT2D eigenvalue weighted by atomic mass is 32.2. The Labute approximate surface area is 115 Å². The average molecular weight is 283 g/mol. The van der Waals surface area contributed by atoms with Crippen LogP contribution in [0, 0.1) is 0 Å². The molecule has 2 rings (SSSR count). The Kier molecular flexibility index (Phi) is 4.31. The molecule has 0 radical (unpaired) electrons. The first-order chi connectivity index (χ1) is 9.06. The number of anilines is 2. The largest absolute Gasteiger partial charge is 0.385 e. The van der Waals surface area contributed by atoms with Crippen LogP contribution in [0.3, 0.4) is 0 Å². The minimum absolute atomic E-state index is 0.467. The molecule has 1 aliphatic heterocycles. The van der Waals surface area contributed by atoms with E-state index in [4.69, 9.17) is 0 Å². The Morgan fingerprint density at radius 1 is 1.32 bits per heavy atom. The van der Waals surface area contributed by atoms with Crippen LogP contribution in [0.2, 0.25) is 0 Å². The summed E-state index contributed by atoms with van der Waals surface area (Å²) in [6, 6.07) is 5.68. The molecule has 0 saturated carbocycles. The second-order valence-corrected chi connectivity index (χ2v) is 6.26. The first kappa shape index (κ1) is 14.1. The average Bonchev–Trinajstić information content (AvgIpc) is 2.39. The van der Waals surface area contributed by atoms with Gasteiger partial charge in [0.1, 0.15) is 0 Å². The fourth-order valence-electron chi connectivity index (χ4n) is 2.30. The lowest BCUT2D eigenvalue weighted by atomic mass is 10.0. The van der Waals surface area contributed by atoms with Gasteiger partial charge in [0.05, 0.1) is 5.69 Å². The number of benzene rings is 1. The molecule has 0 fully saturated rings. The van der Waals surface area contributed by atoms with Crippen LogP contribution in [0.15, 0.2) is 18.2 Å². The summed E-state index contributed by atoms with van der Waals surface area (Å²) in [5.74, 6) is 0. The van der Waals surface area contributed by atoms with E-state index >= 15 is 0 Å². The van der Waals surface area contributed by atoms with Crippen molar-refractivity contribution in [3.8, 4) is 0 Å². The number of aryl methyl sites for hydroxylation is 1. The van der Waals surface area contributed by atoms with Gasteiger partial charge in [-0.1, -0.05) is 19.9 Å². The van der Waals surface area contributed by atoms with Crippen LogP contribution in [0.1, 0.15) is 25.8 Å². The van der Waals surface area contributed by atoms with Gasteiger partial charge in [-0.2, -0.15) is 12.7 Å². The highest BCUT2D eigenvalue weighted by molar-refractivity contribution is 7.90. The Morgan fingerprint density at radius 3 is 2.74 bits per heavy atom. The van der Waals surface area contributed by atoms with Crippen LogP contribution in [0.25, 0.3) is 0 Å². The number of nitrogens with one attached hydrogen (secondary N) is 2. The second-order valence-electron chi connectivity index (χ2n) is 4.59. The van der Waals surface area contributed by atoms with Crippen molar-refractivity contribution < 1.29 is 8.42 Å². The maximum Gasteiger partial charge on any atom is 0.301 e. The lowest BCUT2D eigenvalue weighted by molar-refractivity contribution is 0.449. The maximum absolute atomic E-state index is 12.1. The van der Waals surface area contributed by atoms with Crippen LogP contribution in [-0.4, -0.2) is 32.4 Å². The Bertz CT molecular complexity index is 539. The van der Waals surface area contributed by atoms with Gasteiger partial charge in [0.25, 0.3) is 0 Å². The summed E-state index contributed by atoms with van der Waals surface area (Å²) in [6.45, 7) is 5.54. The third kappa shape index (κ3) is 3.19. The molecule has 0 amide bonds. The normalized spacial score (nSPS) is 14.9. The SMILES string of the molecule is CCN(CC)S(=O)(=O)Nc1ccc2c(c1)NCCC2. The molecule has 0 aromatic heterocycles.